The van der Waals surface area contributed by atoms with Crippen LogP contribution in [0.1, 0.15) is 6.42 Å². The Morgan fingerprint density at radius 1 is 1.00 bits per heavy atom. The fraction of sp³-hybridized carbons (Fsp3) is 0.350. The van der Waals surface area contributed by atoms with Gasteiger partial charge >= 0.3 is 0 Å². The van der Waals surface area contributed by atoms with E-state index in [2.05, 4.69) is 5.32 Å². The maximum atomic E-state index is 13.1. The Morgan fingerprint density at radius 3 is 2.31 bits per heavy atom. The molecule has 1 fully saturated rings. The molecule has 4 rings (SSSR count). The number of sulfonamides is 1. The quantitative estimate of drug-likeness (QED) is 0.402. The Labute approximate surface area is 190 Å². The molecule has 2 aromatic rings. The largest absolute Gasteiger partial charge is 0.490 e. The maximum absolute atomic E-state index is 13.1. The standard InChI is InChI=1S/C20H22N4O6S2/c25-24(26)16-4-2-15(3-5-16)21-20(31)22-8-10-23(11-9-22)32(27,28)17-6-7-18-19(14-17)30-13-1-12-29-18/h2-7,14H,1,8-13H2,(H,21,31). The molecule has 0 radical (unpaired) electrons. The number of anilines is 1. The molecular formula is C20H22N4O6S2. The number of hydrogen-bond acceptors (Lipinski definition) is 7. The third kappa shape index (κ3) is 4.76. The van der Waals surface area contributed by atoms with Crippen LogP contribution in [-0.4, -0.2) is 67.1 Å². The molecule has 0 atom stereocenters. The van der Waals surface area contributed by atoms with E-state index < -0.39 is 14.9 Å². The third-order valence-corrected chi connectivity index (χ3v) is 7.47. The van der Waals surface area contributed by atoms with Gasteiger partial charge in [0, 0.05) is 56.5 Å². The Bertz CT molecular complexity index is 1120. The molecule has 1 N–H and O–H groups in total. The second-order valence-corrected chi connectivity index (χ2v) is 9.61. The average Bonchev–Trinajstić information content (AvgIpc) is 3.04. The van der Waals surface area contributed by atoms with Crippen molar-refractivity contribution < 1.29 is 22.8 Å². The molecular weight excluding hydrogens is 456 g/mol. The van der Waals surface area contributed by atoms with Crippen molar-refractivity contribution in [3.05, 3.63) is 52.6 Å². The van der Waals surface area contributed by atoms with Crippen LogP contribution in [0.2, 0.25) is 0 Å². The number of fused-ring (bicyclic) bond motifs is 1. The van der Waals surface area contributed by atoms with Crippen LogP contribution in [0.4, 0.5) is 11.4 Å². The molecule has 0 aliphatic carbocycles. The number of thiocarbonyl (C=S) groups is 1. The van der Waals surface area contributed by atoms with Crippen LogP contribution < -0.4 is 14.8 Å². The normalized spacial score (nSPS) is 16.8. The van der Waals surface area contributed by atoms with Crippen LogP contribution in [0.3, 0.4) is 0 Å². The number of nitrogens with zero attached hydrogens (tertiary/aromatic N) is 3. The van der Waals surface area contributed by atoms with E-state index in [1.807, 2.05) is 4.90 Å². The van der Waals surface area contributed by atoms with E-state index in [-0.39, 0.29) is 23.7 Å². The van der Waals surface area contributed by atoms with Gasteiger partial charge in [-0.15, -0.1) is 0 Å². The summed E-state index contributed by atoms with van der Waals surface area (Å²) in [5.41, 5.74) is 0.623. The summed E-state index contributed by atoms with van der Waals surface area (Å²) in [6.07, 6.45) is 0.743. The van der Waals surface area contributed by atoms with Gasteiger partial charge < -0.3 is 19.7 Å². The first-order valence-corrected chi connectivity index (χ1v) is 11.9. The van der Waals surface area contributed by atoms with Gasteiger partial charge in [0.2, 0.25) is 10.0 Å². The third-order valence-electron chi connectivity index (χ3n) is 5.21. The van der Waals surface area contributed by atoms with Crippen molar-refractivity contribution in [2.24, 2.45) is 0 Å². The zero-order valence-electron chi connectivity index (χ0n) is 17.1. The average molecular weight is 479 g/mol. The minimum absolute atomic E-state index is 0.00458. The predicted octanol–water partition coefficient (Wildman–Crippen LogP) is 2.46. The number of nitro groups is 1. The molecule has 2 aliphatic rings. The molecule has 10 nitrogen and oxygen atoms in total. The highest BCUT2D eigenvalue weighted by Crippen LogP contribution is 2.33. The van der Waals surface area contributed by atoms with Gasteiger partial charge in [0.25, 0.3) is 5.69 Å². The first-order valence-electron chi connectivity index (χ1n) is 10.0. The fourth-order valence-corrected chi connectivity index (χ4v) is 5.19. The lowest BCUT2D eigenvalue weighted by Gasteiger charge is -2.35. The van der Waals surface area contributed by atoms with Gasteiger partial charge in [-0.25, -0.2) is 8.42 Å². The summed E-state index contributed by atoms with van der Waals surface area (Å²) in [7, 11) is -3.68. The summed E-state index contributed by atoms with van der Waals surface area (Å²) >= 11 is 5.43. The molecule has 12 heteroatoms. The summed E-state index contributed by atoms with van der Waals surface area (Å²) in [6, 6.07) is 10.6. The molecule has 0 aromatic heterocycles. The first kappa shape index (κ1) is 22.2. The van der Waals surface area contributed by atoms with Gasteiger partial charge in [-0.3, -0.25) is 10.1 Å². The van der Waals surface area contributed by atoms with Crippen molar-refractivity contribution >= 4 is 38.7 Å². The number of nitro benzene ring substituents is 1. The van der Waals surface area contributed by atoms with E-state index >= 15 is 0 Å². The summed E-state index contributed by atoms with van der Waals surface area (Å²) in [5, 5.41) is 14.2. The fourth-order valence-electron chi connectivity index (χ4n) is 3.45. The number of nitrogens with one attached hydrogen (secondary N) is 1. The molecule has 0 amide bonds. The van der Waals surface area contributed by atoms with Crippen LogP contribution >= 0.6 is 12.2 Å². The van der Waals surface area contributed by atoms with E-state index in [1.54, 1.807) is 18.2 Å². The SMILES string of the molecule is O=[N+]([O-])c1ccc(NC(=S)N2CCN(S(=O)(=O)c3ccc4c(c3)OCCCO4)CC2)cc1. The molecule has 1 saturated heterocycles. The van der Waals surface area contributed by atoms with Crippen LogP contribution in [0.5, 0.6) is 11.5 Å². The first-order chi connectivity index (χ1) is 15.3. The van der Waals surface area contributed by atoms with Gasteiger partial charge in [-0.1, -0.05) is 0 Å². The Kier molecular flexibility index (Phi) is 6.44. The molecule has 0 spiro atoms. The summed E-state index contributed by atoms with van der Waals surface area (Å²) in [6.45, 7) is 2.41. The number of non-ortho nitro benzene ring substituents is 1. The molecule has 170 valence electrons. The Morgan fingerprint density at radius 2 is 1.66 bits per heavy atom. The molecule has 2 heterocycles. The van der Waals surface area contributed by atoms with E-state index in [0.29, 0.717) is 48.6 Å². The van der Waals surface area contributed by atoms with Crippen molar-refractivity contribution in [2.45, 2.75) is 11.3 Å². The minimum Gasteiger partial charge on any atom is -0.490 e. The van der Waals surface area contributed by atoms with Crippen LogP contribution in [0.15, 0.2) is 47.4 Å². The van der Waals surface area contributed by atoms with Crippen molar-refractivity contribution in [3.63, 3.8) is 0 Å². The van der Waals surface area contributed by atoms with Crippen molar-refractivity contribution in [3.8, 4) is 11.5 Å². The topological polar surface area (TPSA) is 114 Å². The molecule has 32 heavy (non-hydrogen) atoms. The lowest BCUT2D eigenvalue weighted by molar-refractivity contribution is -0.384. The van der Waals surface area contributed by atoms with Crippen molar-refractivity contribution in [1.82, 2.24) is 9.21 Å². The van der Waals surface area contributed by atoms with Gasteiger partial charge in [0.1, 0.15) is 0 Å². The highest BCUT2D eigenvalue weighted by atomic mass is 32.2. The lowest BCUT2D eigenvalue weighted by Crippen LogP contribution is -2.51. The molecule has 0 saturated carbocycles. The summed E-state index contributed by atoms with van der Waals surface area (Å²) < 4.78 is 38.9. The second kappa shape index (κ2) is 9.27. The molecule has 0 bridgehead atoms. The van der Waals surface area contributed by atoms with Crippen LogP contribution in [0, 0.1) is 10.1 Å². The lowest BCUT2D eigenvalue weighted by atomic mass is 10.3. The van der Waals surface area contributed by atoms with E-state index in [9.17, 15) is 18.5 Å². The molecule has 0 unspecified atom stereocenters. The van der Waals surface area contributed by atoms with E-state index in [1.165, 1.54) is 28.6 Å². The number of piperazine rings is 1. The van der Waals surface area contributed by atoms with Crippen LogP contribution in [-0.2, 0) is 10.0 Å². The van der Waals surface area contributed by atoms with E-state index in [0.717, 1.165) is 6.42 Å². The van der Waals surface area contributed by atoms with Gasteiger partial charge in [0.15, 0.2) is 16.6 Å². The van der Waals surface area contributed by atoms with Crippen LogP contribution in [0.25, 0.3) is 0 Å². The van der Waals surface area contributed by atoms with E-state index in [4.69, 9.17) is 21.7 Å². The number of ether oxygens (including phenoxy) is 2. The van der Waals surface area contributed by atoms with Gasteiger partial charge in [0.05, 0.1) is 23.0 Å². The zero-order chi connectivity index (χ0) is 22.7. The summed E-state index contributed by atoms with van der Waals surface area (Å²) in [5.74, 6) is 0.990. The smallest absolute Gasteiger partial charge is 0.269 e. The number of benzene rings is 2. The summed E-state index contributed by atoms with van der Waals surface area (Å²) in [4.78, 5) is 12.3. The van der Waals surface area contributed by atoms with Gasteiger partial charge in [-0.2, -0.15) is 4.31 Å². The molecule has 2 aliphatic heterocycles. The Hall–Kier alpha value is -2.96. The highest BCUT2D eigenvalue weighted by Gasteiger charge is 2.30. The monoisotopic (exact) mass is 478 g/mol. The second-order valence-electron chi connectivity index (χ2n) is 7.28. The molecule has 2 aromatic carbocycles. The number of hydrogen-bond donors (Lipinski definition) is 1. The Balaban J connectivity index is 1.38. The van der Waals surface area contributed by atoms with Crippen molar-refractivity contribution in [1.29, 1.82) is 0 Å². The zero-order valence-corrected chi connectivity index (χ0v) is 18.7. The highest BCUT2D eigenvalue weighted by molar-refractivity contribution is 7.89. The maximum Gasteiger partial charge on any atom is 0.269 e. The number of rotatable bonds is 4. The van der Waals surface area contributed by atoms with Gasteiger partial charge in [-0.05, 0) is 36.5 Å². The van der Waals surface area contributed by atoms with Crippen molar-refractivity contribution in [2.75, 3.05) is 44.7 Å². The predicted molar refractivity (Wildman–Crippen MR) is 122 cm³/mol. The minimum atomic E-state index is -3.68.